The summed E-state index contributed by atoms with van der Waals surface area (Å²) in [6.07, 6.45) is 0. The van der Waals surface area contributed by atoms with Crippen molar-refractivity contribution >= 4 is 11.1 Å². The smallest absolute Gasteiger partial charge is 0.408 e. The van der Waals surface area contributed by atoms with Gasteiger partial charge < -0.3 is 9.52 Å². The molecule has 80 valence electrons. The Kier molecular flexibility index (Phi) is 2.57. The Labute approximate surface area is 85.9 Å². The first-order valence-corrected chi connectivity index (χ1v) is 4.62. The van der Waals surface area contributed by atoms with E-state index in [-0.39, 0.29) is 12.5 Å². The Morgan fingerprint density at radius 1 is 1.53 bits per heavy atom. The van der Waals surface area contributed by atoms with Gasteiger partial charge in [0, 0.05) is 13.6 Å². The lowest BCUT2D eigenvalue weighted by Gasteiger charge is -2.01. The number of aromatic nitrogens is 1. The number of fused-ring (bicyclic) bond motifs is 1. The van der Waals surface area contributed by atoms with Crippen LogP contribution >= 0.6 is 0 Å². The highest BCUT2D eigenvalue weighted by Gasteiger charge is 2.05. The maximum absolute atomic E-state index is 11.2. The zero-order chi connectivity index (χ0) is 10.8. The summed E-state index contributed by atoms with van der Waals surface area (Å²) >= 11 is 0. The highest BCUT2D eigenvalue weighted by atomic mass is 16.4. The molecule has 0 spiro atoms. The Bertz CT molecular complexity index is 527. The van der Waals surface area contributed by atoms with E-state index in [0.717, 1.165) is 11.1 Å². The van der Waals surface area contributed by atoms with E-state index in [9.17, 15) is 4.79 Å². The molecule has 5 heteroatoms. The van der Waals surface area contributed by atoms with Gasteiger partial charge in [0.15, 0.2) is 5.58 Å². The van der Waals surface area contributed by atoms with Crippen LogP contribution in [-0.4, -0.2) is 16.4 Å². The lowest BCUT2D eigenvalue weighted by Crippen LogP contribution is -2.13. The molecule has 0 bridgehead atoms. The standard InChI is InChI=1S/C10H12N2O3/c1-12-8-4-7(5-11-6-13)2-3-9(8)15-10(12)14/h2-4,11,13H,5-6H2,1H3. The van der Waals surface area contributed by atoms with E-state index in [0.29, 0.717) is 12.1 Å². The van der Waals surface area contributed by atoms with E-state index in [2.05, 4.69) is 5.32 Å². The third-order valence-corrected chi connectivity index (χ3v) is 2.30. The Hall–Kier alpha value is -1.59. The molecule has 5 nitrogen and oxygen atoms in total. The van der Waals surface area contributed by atoms with Gasteiger partial charge in [-0.2, -0.15) is 0 Å². The number of hydrogen-bond acceptors (Lipinski definition) is 4. The molecule has 2 rings (SSSR count). The average molecular weight is 208 g/mol. The van der Waals surface area contributed by atoms with Gasteiger partial charge in [-0.25, -0.2) is 4.79 Å². The van der Waals surface area contributed by atoms with Crippen molar-refractivity contribution in [2.45, 2.75) is 6.54 Å². The number of oxazole rings is 1. The first kappa shape index (κ1) is 9.95. The minimum Gasteiger partial charge on any atom is -0.408 e. The summed E-state index contributed by atoms with van der Waals surface area (Å²) in [5, 5.41) is 11.4. The minimum absolute atomic E-state index is 0.0671. The van der Waals surface area contributed by atoms with Gasteiger partial charge in [0.1, 0.15) is 0 Å². The van der Waals surface area contributed by atoms with Crippen LogP contribution in [0.15, 0.2) is 27.4 Å². The molecule has 2 aromatic rings. The second kappa shape index (κ2) is 3.88. The fourth-order valence-electron chi connectivity index (χ4n) is 1.48. The molecule has 0 saturated heterocycles. The summed E-state index contributed by atoms with van der Waals surface area (Å²) in [5.74, 6) is -0.364. The largest absolute Gasteiger partial charge is 0.419 e. The van der Waals surface area contributed by atoms with E-state index in [1.807, 2.05) is 12.1 Å². The first-order valence-electron chi connectivity index (χ1n) is 4.62. The summed E-state index contributed by atoms with van der Waals surface area (Å²) in [7, 11) is 1.66. The summed E-state index contributed by atoms with van der Waals surface area (Å²) in [6.45, 7) is 0.494. The molecule has 1 aromatic carbocycles. The maximum atomic E-state index is 11.2. The van der Waals surface area contributed by atoms with Crippen molar-refractivity contribution in [3.63, 3.8) is 0 Å². The molecule has 2 N–H and O–H groups in total. The van der Waals surface area contributed by atoms with E-state index in [4.69, 9.17) is 9.52 Å². The first-order chi connectivity index (χ1) is 7.22. The molecular formula is C10H12N2O3. The van der Waals surface area contributed by atoms with E-state index in [1.165, 1.54) is 4.57 Å². The van der Waals surface area contributed by atoms with Crippen LogP contribution in [-0.2, 0) is 13.6 Å². The van der Waals surface area contributed by atoms with E-state index in [1.54, 1.807) is 13.1 Å². The number of aliphatic hydroxyl groups is 1. The molecule has 0 radical (unpaired) electrons. The van der Waals surface area contributed by atoms with Crippen molar-refractivity contribution in [2.24, 2.45) is 7.05 Å². The number of nitrogens with zero attached hydrogens (tertiary/aromatic N) is 1. The molecule has 0 aliphatic heterocycles. The van der Waals surface area contributed by atoms with Gasteiger partial charge in [-0.05, 0) is 17.7 Å². The van der Waals surface area contributed by atoms with Gasteiger partial charge in [0.2, 0.25) is 0 Å². The molecule has 15 heavy (non-hydrogen) atoms. The monoisotopic (exact) mass is 208 g/mol. The van der Waals surface area contributed by atoms with E-state index >= 15 is 0 Å². The molecule has 1 aromatic heterocycles. The number of nitrogens with one attached hydrogen (secondary N) is 1. The predicted molar refractivity (Wildman–Crippen MR) is 55.4 cm³/mol. The molecular weight excluding hydrogens is 196 g/mol. The number of rotatable bonds is 3. The van der Waals surface area contributed by atoms with Crippen molar-refractivity contribution in [1.29, 1.82) is 0 Å². The second-order valence-electron chi connectivity index (χ2n) is 3.31. The van der Waals surface area contributed by atoms with Crippen molar-refractivity contribution in [3.05, 3.63) is 34.3 Å². The van der Waals surface area contributed by atoms with Crippen molar-refractivity contribution < 1.29 is 9.52 Å². The molecule has 0 atom stereocenters. The van der Waals surface area contributed by atoms with Gasteiger partial charge in [-0.1, -0.05) is 6.07 Å². The fourth-order valence-corrected chi connectivity index (χ4v) is 1.48. The number of aryl methyl sites for hydroxylation is 1. The van der Waals surface area contributed by atoms with Crippen LogP contribution in [0.1, 0.15) is 5.56 Å². The van der Waals surface area contributed by atoms with Gasteiger partial charge in [0.05, 0.1) is 12.2 Å². The molecule has 0 fully saturated rings. The number of hydrogen-bond donors (Lipinski definition) is 2. The lowest BCUT2D eigenvalue weighted by atomic mass is 10.2. The average Bonchev–Trinajstić information content (AvgIpc) is 2.52. The van der Waals surface area contributed by atoms with Crippen LogP contribution in [0.5, 0.6) is 0 Å². The molecule has 0 unspecified atom stereocenters. The summed E-state index contributed by atoms with van der Waals surface area (Å²) in [5.41, 5.74) is 2.33. The zero-order valence-corrected chi connectivity index (χ0v) is 8.36. The van der Waals surface area contributed by atoms with Gasteiger partial charge in [0.25, 0.3) is 0 Å². The molecule has 0 amide bonds. The fraction of sp³-hybridized carbons (Fsp3) is 0.300. The van der Waals surface area contributed by atoms with Crippen LogP contribution in [0.4, 0.5) is 0 Å². The molecule has 0 aliphatic carbocycles. The third kappa shape index (κ3) is 1.79. The van der Waals surface area contributed by atoms with Gasteiger partial charge in [-0.3, -0.25) is 9.88 Å². The molecule has 0 aliphatic rings. The van der Waals surface area contributed by atoms with Crippen molar-refractivity contribution in [2.75, 3.05) is 6.73 Å². The van der Waals surface area contributed by atoms with Crippen LogP contribution in [0.2, 0.25) is 0 Å². The highest BCUT2D eigenvalue weighted by molar-refractivity contribution is 5.73. The normalized spacial score (nSPS) is 11.1. The van der Waals surface area contributed by atoms with Gasteiger partial charge in [-0.15, -0.1) is 0 Å². The van der Waals surface area contributed by atoms with Crippen molar-refractivity contribution in [3.8, 4) is 0 Å². The lowest BCUT2D eigenvalue weighted by molar-refractivity contribution is 0.259. The van der Waals surface area contributed by atoms with E-state index < -0.39 is 0 Å². The zero-order valence-electron chi connectivity index (χ0n) is 8.36. The summed E-state index contributed by atoms with van der Waals surface area (Å²) in [4.78, 5) is 11.2. The topological polar surface area (TPSA) is 67.4 Å². The molecule has 1 heterocycles. The third-order valence-electron chi connectivity index (χ3n) is 2.30. The molecule has 0 saturated carbocycles. The number of benzene rings is 1. The van der Waals surface area contributed by atoms with Crippen LogP contribution in [0.25, 0.3) is 11.1 Å². The maximum Gasteiger partial charge on any atom is 0.419 e. The highest BCUT2D eigenvalue weighted by Crippen LogP contribution is 2.13. The van der Waals surface area contributed by atoms with Gasteiger partial charge >= 0.3 is 5.76 Å². The Balaban J connectivity index is 2.45. The Morgan fingerprint density at radius 3 is 3.07 bits per heavy atom. The Morgan fingerprint density at radius 2 is 2.33 bits per heavy atom. The predicted octanol–water partition coefficient (Wildman–Crippen LogP) is 0.171. The van der Waals surface area contributed by atoms with Crippen LogP contribution < -0.4 is 11.1 Å². The van der Waals surface area contributed by atoms with Crippen LogP contribution in [0, 0.1) is 0 Å². The summed E-state index contributed by atoms with van der Waals surface area (Å²) < 4.78 is 6.45. The quantitative estimate of drug-likeness (QED) is 0.706. The minimum atomic E-state index is -0.364. The SMILES string of the molecule is Cn1c(=O)oc2ccc(CNCO)cc21. The summed E-state index contributed by atoms with van der Waals surface area (Å²) in [6, 6.07) is 5.47. The van der Waals surface area contributed by atoms with Crippen molar-refractivity contribution in [1.82, 2.24) is 9.88 Å². The second-order valence-corrected chi connectivity index (χ2v) is 3.31. The number of aliphatic hydroxyl groups excluding tert-OH is 1. The van der Waals surface area contributed by atoms with Crippen LogP contribution in [0.3, 0.4) is 0 Å².